The first-order chi connectivity index (χ1) is 12.1. The molecule has 132 valence electrons. The number of sulfonamides is 1. The van der Waals surface area contributed by atoms with Crippen LogP contribution in [0.2, 0.25) is 0 Å². The number of carbonyl (C=O) groups excluding carboxylic acids is 1. The zero-order valence-corrected chi connectivity index (χ0v) is 14.4. The van der Waals surface area contributed by atoms with Crippen LogP contribution >= 0.6 is 0 Å². The van der Waals surface area contributed by atoms with Crippen molar-refractivity contribution in [3.05, 3.63) is 59.9 Å². The average Bonchev–Trinajstić information content (AvgIpc) is 2.68. The molecule has 2 heterocycles. The van der Waals surface area contributed by atoms with Gasteiger partial charge in [0.2, 0.25) is 10.0 Å². The van der Waals surface area contributed by atoms with Crippen LogP contribution in [0.3, 0.4) is 0 Å². The average molecular weight is 361 g/mol. The van der Waals surface area contributed by atoms with E-state index in [1.807, 2.05) is 0 Å². The van der Waals surface area contributed by atoms with Crippen molar-refractivity contribution < 1.29 is 17.9 Å². The summed E-state index contributed by atoms with van der Waals surface area (Å²) in [6.45, 7) is 1.88. The summed E-state index contributed by atoms with van der Waals surface area (Å²) in [6, 6.07) is 9.82. The van der Waals surface area contributed by atoms with Crippen molar-refractivity contribution in [1.82, 2.24) is 14.6 Å². The number of hydrogen-bond acceptors (Lipinski definition) is 5. The molecule has 1 aromatic heterocycles. The minimum Gasteiger partial charge on any atom is -0.379 e. The Morgan fingerprint density at radius 1 is 1.08 bits per heavy atom. The normalized spacial score (nSPS) is 15.7. The monoisotopic (exact) mass is 361 g/mol. The van der Waals surface area contributed by atoms with Crippen LogP contribution in [0, 0.1) is 0 Å². The molecule has 0 atom stereocenters. The van der Waals surface area contributed by atoms with Gasteiger partial charge in [0.25, 0.3) is 5.91 Å². The van der Waals surface area contributed by atoms with E-state index in [9.17, 15) is 13.2 Å². The largest absolute Gasteiger partial charge is 0.379 e. The summed E-state index contributed by atoms with van der Waals surface area (Å²) in [4.78, 5) is 16.1. The zero-order chi connectivity index (χ0) is 17.7. The lowest BCUT2D eigenvalue weighted by molar-refractivity contribution is 0.0730. The van der Waals surface area contributed by atoms with Gasteiger partial charge in [-0.05, 0) is 29.8 Å². The smallest absolute Gasteiger partial charge is 0.251 e. The lowest BCUT2D eigenvalue weighted by Crippen LogP contribution is -2.40. The van der Waals surface area contributed by atoms with Gasteiger partial charge in [-0.15, -0.1) is 0 Å². The van der Waals surface area contributed by atoms with Gasteiger partial charge in [-0.25, -0.2) is 8.42 Å². The molecule has 0 radical (unpaired) electrons. The Morgan fingerprint density at radius 2 is 1.72 bits per heavy atom. The van der Waals surface area contributed by atoms with Crippen LogP contribution < -0.4 is 5.32 Å². The predicted molar refractivity (Wildman–Crippen MR) is 91.4 cm³/mol. The molecule has 0 aliphatic carbocycles. The van der Waals surface area contributed by atoms with E-state index in [-0.39, 0.29) is 10.8 Å². The summed E-state index contributed by atoms with van der Waals surface area (Å²) in [6.07, 6.45) is 3.11. The number of carbonyl (C=O) groups is 1. The SMILES string of the molecule is O=C(NCc1ccc(S(=O)(=O)N2CCOCC2)cc1)c1ccncc1. The van der Waals surface area contributed by atoms with Gasteiger partial charge >= 0.3 is 0 Å². The number of pyridine rings is 1. The van der Waals surface area contributed by atoms with Gasteiger partial charge in [0, 0.05) is 37.6 Å². The van der Waals surface area contributed by atoms with Crippen molar-refractivity contribution >= 4 is 15.9 Å². The van der Waals surface area contributed by atoms with Gasteiger partial charge in [0.1, 0.15) is 0 Å². The molecule has 0 saturated carbocycles. The highest BCUT2D eigenvalue weighted by Gasteiger charge is 2.26. The molecule has 1 aliphatic rings. The molecular formula is C17H19N3O4S. The molecule has 2 aromatic rings. The summed E-state index contributed by atoms with van der Waals surface area (Å²) in [5, 5.41) is 2.79. The van der Waals surface area contributed by atoms with E-state index in [1.54, 1.807) is 48.8 Å². The van der Waals surface area contributed by atoms with E-state index >= 15 is 0 Å². The second-order valence-electron chi connectivity index (χ2n) is 5.58. The van der Waals surface area contributed by atoms with Crippen molar-refractivity contribution in [2.24, 2.45) is 0 Å². The fourth-order valence-electron chi connectivity index (χ4n) is 2.50. The number of ether oxygens (including phenoxy) is 1. The molecular weight excluding hydrogens is 342 g/mol. The number of benzene rings is 1. The maximum Gasteiger partial charge on any atom is 0.251 e. The standard InChI is InChI=1S/C17H19N3O4S/c21-17(15-5-7-18-8-6-15)19-13-14-1-3-16(4-2-14)25(22,23)20-9-11-24-12-10-20/h1-8H,9-13H2,(H,19,21). The predicted octanol–water partition coefficient (Wildman–Crippen LogP) is 1.03. The van der Waals surface area contributed by atoms with Gasteiger partial charge in [0.05, 0.1) is 18.1 Å². The number of amides is 1. The summed E-state index contributed by atoms with van der Waals surface area (Å²) < 4.78 is 31.7. The molecule has 1 fully saturated rings. The lowest BCUT2D eigenvalue weighted by Gasteiger charge is -2.26. The molecule has 3 rings (SSSR count). The third-order valence-electron chi connectivity index (χ3n) is 3.93. The number of nitrogens with one attached hydrogen (secondary N) is 1. The van der Waals surface area contributed by atoms with Crippen LogP contribution in [-0.2, 0) is 21.3 Å². The number of aromatic nitrogens is 1. The highest BCUT2D eigenvalue weighted by atomic mass is 32.2. The summed E-state index contributed by atoms with van der Waals surface area (Å²) >= 11 is 0. The first kappa shape index (κ1) is 17.5. The Balaban J connectivity index is 1.63. The molecule has 0 unspecified atom stereocenters. The molecule has 1 aliphatic heterocycles. The summed E-state index contributed by atoms with van der Waals surface area (Å²) in [7, 11) is -3.49. The molecule has 1 aromatic carbocycles. The molecule has 1 N–H and O–H groups in total. The molecule has 0 spiro atoms. The second-order valence-corrected chi connectivity index (χ2v) is 7.52. The Bertz CT molecular complexity index is 817. The topological polar surface area (TPSA) is 88.6 Å². The van der Waals surface area contributed by atoms with E-state index in [0.29, 0.717) is 38.4 Å². The zero-order valence-electron chi connectivity index (χ0n) is 13.6. The molecule has 1 saturated heterocycles. The lowest BCUT2D eigenvalue weighted by atomic mass is 10.2. The van der Waals surface area contributed by atoms with Crippen LogP contribution in [0.5, 0.6) is 0 Å². The van der Waals surface area contributed by atoms with Crippen molar-refractivity contribution in [3.63, 3.8) is 0 Å². The summed E-state index contributed by atoms with van der Waals surface area (Å²) in [5.41, 5.74) is 1.35. The third-order valence-corrected chi connectivity index (χ3v) is 5.84. The maximum atomic E-state index is 12.5. The van der Waals surface area contributed by atoms with Crippen molar-refractivity contribution in [2.75, 3.05) is 26.3 Å². The Labute approximate surface area is 146 Å². The molecule has 7 nitrogen and oxygen atoms in total. The van der Waals surface area contributed by atoms with E-state index < -0.39 is 10.0 Å². The van der Waals surface area contributed by atoms with E-state index in [4.69, 9.17) is 4.74 Å². The van der Waals surface area contributed by atoms with E-state index in [1.165, 1.54) is 4.31 Å². The van der Waals surface area contributed by atoms with Crippen molar-refractivity contribution in [2.45, 2.75) is 11.4 Å². The highest BCUT2D eigenvalue weighted by molar-refractivity contribution is 7.89. The minimum atomic E-state index is -3.49. The number of nitrogens with zero attached hydrogens (tertiary/aromatic N) is 2. The van der Waals surface area contributed by atoms with Crippen molar-refractivity contribution in [3.8, 4) is 0 Å². The quantitative estimate of drug-likeness (QED) is 0.859. The fourth-order valence-corrected chi connectivity index (χ4v) is 3.91. The number of morpholine rings is 1. The second kappa shape index (κ2) is 7.73. The number of rotatable bonds is 5. The van der Waals surface area contributed by atoms with Gasteiger partial charge in [-0.1, -0.05) is 12.1 Å². The van der Waals surface area contributed by atoms with Gasteiger partial charge in [-0.3, -0.25) is 9.78 Å². The highest BCUT2D eigenvalue weighted by Crippen LogP contribution is 2.17. The Hall–Kier alpha value is -2.29. The van der Waals surface area contributed by atoms with Gasteiger partial charge < -0.3 is 10.1 Å². The van der Waals surface area contributed by atoms with E-state index in [2.05, 4.69) is 10.3 Å². The van der Waals surface area contributed by atoms with Gasteiger partial charge in [0.15, 0.2) is 0 Å². The summed E-state index contributed by atoms with van der Waals surface area (Å²) in [5.74, 6) is -0.201. The van der Waals surface area contributed by atoms with Gasteiger partial charge in [-0.2, -0.15) is 4.31 Å². The Morgan fingerprint density at radius 3 is 2.36 bits per heavy atom. The first-order valence-corrected chi connectivity index (χ1v) is 9.36. The Kier molecular flexibility index (Phi) is 5.42. The van der Waals surface area contributed by atoms with Crippen LogP contribution in [-0.4, -0.2) is 49.9 Å². The van der Waals surface area contributed by atoms with Crippen molar-refractivity contribution in [1.29, 1.82) is 0 Å². The minimum absolute atomic E-state index is 0.201. The van der Waals surface area contributed by atoms with Crippen LogP contribution in [0.15, 0.2) is 53.7 Å². The molecule has 1 amide bonds. The molecule has 8 heteroatoms. The van der Waals surface area contributed by atoms with Crippen LogP contribution in [0.4, 0.5) is 0 Å². The number of hydrogen-bond donors (Lipinski definition) is 1. The van der Waals surface area contributed by atoms with E-state index in [0.717, 1.165) is 5.56 Å². The first-order valence-electron chi connectivity index (χ1n) is 7.92. The maximum absolute atomic E-state index is 12.5. The molecule has 0 bridgehead atoms. The molecule has 25 heavy (non-hydrogen) atoms. The van der Waals surface area contributed by atoms with Crippen LogP contribution in [0.1, 0.15) is 15.9 Å². The van der Waals surface area contributed by atoms with Crippen LogP contribution in [0.25, 0.3) is 0 Å². The fraction of sp³-hybridized carbons (Fsp3) is 0.294. The third kappa shape index (κ3) is 4.22.